The molecule has 0 aliphatic carbocycles. The number of fused-ring (bicyclic) bond motifs is 1. The molecule has 0 aromatic carbocycles. The van der Waals surface area contributed by atoms with Crippen molar-refractivity contribution < 1.29 is 5.11 Å². The van der Waals surface area contributed by atoms with Crippen LogP contribution in [0.5, 0.6) is 0 Å². The molecule has 2 aliphatic rings. The molecule has 4 nitrogen and oxygen atoms in total. The molecule has 19 heavy (non-hydrogen) atoms. The number of imidazole rings is 1. The summed E-state index contributed by atoms with van der Waals surface area (Å²) in [5, 5.41) is 10.0. The van der Waals surface area contributed by atoms with Crippen LogP contribution in [0.1, 0.15) is 57.2 Å². The first kappa shape index (κ1) is 13.1. The molecule has 2 aliphatic heterocycles. The normalized spacial score (nSPS) is 28.0. The molecule has 4 heteroatoms. The minimum Gasteiger partial charge on any atom is -0.387 e. The van der Waals surface area contributed by atoms with Crippen LogP contribution in [-0.2, 0) is 13.0 Å². The van der Waals surface area contributed by atoms with E-state index in [0.717, 1.165) is 31.5 Å². The number of rotatable bonds is 3. The fourth-order valence-corrected chi connectivity index (χ4v) is 3.67. The van der Waals surface area contributed by atoms with Crippen molar-refractivity contribution in [2.45, 2.75) is 70.7 Å². The van der Waals surface area contributed by atoms with Gasteiger partial charge in [0.1, 0.15) is 5.82 Å². The third kappa shape index (κ3) is 2.43. The van der Waals surface area contributed by atoms with Gasteiger partial charge in [-0.1, -0.05) is 0 Å². The molecule has 1 saturated heterocycles. The average molecular weight is 263 g/mol. The fraction of sp³-hybridized carbons (Fsp3) is 0.800. The van der Waals surface area contributed by atoms with Gasteiger partial charge < -0.3 is 9.67 Å². The zero-order valence-electron chi connectivity index (χ0n) is 12.0. The molecule has 1 N–H and O–H groups in total. The predicted octanol–water partition coefficient (Wildman–Crippen LogP) is 2.13. The van der Waals surface area contributed by atoms with Gasteiger partial charge in [0, 0.05) is 25.0 Å². The lowest BCUT2D eigenvalue weighted by molar-refractivity contribution is 0.137. The van der Waals surface area contributed by atoms with Crippen molar-refractivity contribution in [2.24, 2.45) is 0 Å². The topological polar surface area (TPSA) is 41.3 Å². The number of nitrogens with zero attached hydrogens (tertiary/aromatic N) is 3. The lowest BCUT2D eigenvalue weighted by Crippen LogP contribution is -2.37. The Kier molecular flexibility index (Phi) is 3.63. The average Bonchev–Trinajstić information content (AvgIpc) is 2.98. The smallest absolute Gasteiger partial charge is 0.110 e. The van der Waals surface area contributed by atoms with Crippen LogP contribution in [0.15, 0.2) is 6.20 Å². The van der Waals surface area contributed by atoms with Crippen LogP contribution in [0.4, 0.5) is 0 Å². The Morgan fingerprint density at radius 2 is 2.11 bits per heavy atom. The summed E-state index contributed by atoms with van der Waals surface area (Å²) >= 11 is 0. The van der Waals surface area contributed by atoms with E-state index in [2.05, 4.69) is 28.3 Å². The Bertz CT molecular complexity index is 441. The van der Waals surface area contributed by atoms with Gasteiger partial charge in [0.2, 0.25) is 0 Å². The summed E-state index contributed by atoms with van der Waals surface area (Å²) in [4.78, 5) is 7.18. The maximum absolute atomic E-state index is 10.0. The molecule has 106 valence electrons. The standard InChI is InChI=1S/C15H25N3O/c1-11(2)17-7-3-5-12(17)9-15-16-10-13-14(19)6-4-8-18(13)15/h10-12,14,19H,3-9H2,1-2H3. The molecule has 1 fully saturated rings. The van der Waals surface area contributed by atoms with Crippen molar-refractivity contribution >= 4 is 0 Å². The van der Waals surface area contributed by atoms with Crippen molar-refractivity contribution in [1.82, 2.24) is 14.5 Å². The van der Waals surface area contributed by atoms with E-state index >= 15 is 0 Å². The Balaban J connectivity index is 1.77. The molecule has 3 rings (SSSR count). The number of hydrogen-bond acceptors (Lipinski definition) is 3. The molecule has 0 spiro atoms. The summed E-state index contributed by atoms with van der Waals surface area (Å²) in [6.45, 7) is 6.81. The lowest BCUT2D eigenvalue weighted by atomic mass is 10.1. The zero-order valence-corrected chi connectivity index (χ0v) is 12.0. The largest absolute Gasteiger partial charge is 0.387 e. The zero-order chi connectivity index (χ0) is 13.4. The number of hydrogen-bond donors (Lipinski definition) is 1. The van der Waals surface area contributed by atoms with Gasteiger partial charge in [-0.05, 0) is 46.1 Å². The van der Waals surface area contributed by atoms with Gasteiger partial charge in [-0.3, -0.25) is 4.90 Å². The Morgan fingerprint density at radius 1 is 1.32 bits per heavy atom. The van der Waals surface area contributed by atoms with Crippen molar-refractivity contribution in [3.63, 3.8) is 0 Å². The van der Waals surface area contributed by atoms with Gasteiger partial charge in [0.05, 0.1) is 18.0 Å². The highest BCUT2D eigenvalue weighted by atomic mass is 16.3. The van der Waals surface area contributed by atoms with Crippen molar-refractivity contribution in [3.05, 3.63) is 17.7 Å². The Hall–Kier alpha value is -0.870. The maximum Gasteiger partial charge on any atom is 0.110 e. The van der Waals surface area contributed by atoms with Crippen molar-refractivity contribution in [2.75, 3.05) is 6.54 Å². The highest BCUT2D eigenvalue weighted by molar-refractivity contribution is 5.12. The summed E-state index contributed by atoms with van der Waals surface area (Å²) < 4.78 is 2.25. The third-order valence-electron chi connectivity index (χ3n) is 4.67. The van der Waals surface area contributed by atoms with E-state index in [1.54, 1.807) is 0 Å². The van der Waals surface area contributed by atoms with Gasteiger partial charge in [0.25, 0.3) is 0 Å². The molecule has 1 aromatic rings. The first-order chi connectivity index (χ1) is 9.16. The van der Waals surface area contributed by atoms with Gasteiger partial charge in [-0.25, -0.2) is 4.98 Å². The third-order valence-corrected chi connectivity index (χ3v) is 4.67. The van der Waals surface area contributed by atoms with Gasteiger partial charge in [-0.2, -0.15) is 0 Å². The number of aromatic nitrogens is 2. The SMILES string of the molecule is CC(C)N1CCCC1Cc1ncc2n1CCCC2O. The van der Waals surface area contributed by atoms with Gasteiger partial charge in [0.15, 0.2) is 0 Å². The molecule has 0 radical (unpaired) electrons. The number of likely N-dealkylation sites (tertiary alicyclic amines) is 1. The highest BCUT2D eigenvalue weighted by Crippen LogP contribution is 2.28. The van der Waals surface area contributed by atoms with Crippen LogP contribution in [-0.4, -0.2) is 38.2 Å². The highest BCUT2D eigenvalue weighted by Gasteiger charge is 2.29. The van der Waals surface area contributed by atoms with E-state index in [1.165, 1.54) is 25.2 Å². The summed E-state index contributed by atoms with van der Waals surface area (Å²) in [7, 11) is 0. The molecule has 0 amide bonds. The quantitative estimate of drug-likeness (QED) is 0.908. The summed E-state index contributed by atoms with van der Waals surface area (Å²) in [5.74, 6) is 1.17. The summed E-state index contributed by atoms with van der Waals surface area (Å²) in [5.41, 5.74) is 1.02. The van der Waals surface area contributed by atoms with E-state index in [4.69, 9.17) is 0 Å². The minimum absolute atomic E-state index is 0.306. The molecule has 2 unspecified atom stereocenters. The van der Waals surface area contributed by atoms with Crippen LogP contribution in [0.2, 0.25) is 0 Å². The summed E-state index contributed by atoms with van der Waals surface area (Å²) in [6, 6.07) is 1.25. The molecule has 1 aromatic heterocycles. The first-order valence-electron chi connectivity index (χ1n) is 7.65. The molecular weight excluding hydrogens is 238 g/mol. The molecule has 0 saturated carbocycles. The summed E-state index contributed by atoms with van der Waals surface area (Å²) in [6.07, 6.45) is 7.14. The molecule has 2 atom stereocenters. The van der Waals surface area contributed by atoms with Crippen LogP contribution in [0.3, 0.4) is 0 Å². The van der Waals surface area contributed by atoms with Crippen LogP contribution in [0.25, 0.3) is 0 Å². The second-order valence-corrected chi connectivity index (χ2v) is 6.24. The van der Waals surface area contributed by atoms with Crippen LogP contribution >= 0.6 is 0 Å². The van der Waals surface area contributed by atoms with E-state index in [1.807, 2.05) is 6.20 Å². The van der Waals surface area contributed by atoms with E-state index in [0.29, 0.717) is 12.1 Å². The van der Waals surface area contributed by atoms with Crippen LogP contribution in [0, 0.1) is 0 Å². The maximum atomic E-state index is 10.0. The molecular formula is C15H25N3O. The number of aliphatic hydroxyl groups excluding tert-OH is 1. The predicted molar refractivity (Wildman–Crippen MR) is 75.0 cm³/mol. The minimum atomic E-state index is -0.306. The fourth-order valence-electron chi connectivity index (χ4n) is 3.67. The number of aliphatic hydroxyl groups is 1. The molecule has 0 bridgehead atoms. The van der Waals surface area contributed by atoms with Crippen LogP contribution < -0.4 is 0 Å². The lowest BCUT2D eigenvalue weighted by Gasteiger charge is -2.29. The van der Waals surface area contributed by atoms with Gasteiger partial charge >= 0.3 is 0 Å². The van der Waals surface area contributed by atoms with E-state index in [9.17, 15) is 5.11 Å². The monoisotopic (exact) mass is 263 g/mol. The van der Waals surface area contributed by atoms with E-state index in [-0.39, 0.29) is 6.10 Å². The second-order valence-electron chi connectivity index (χ2n) is 6.24. The first-order valence-corrected chi connectivity index (χ1v) is 7.65. The van der Waals surface area contributed by atoms with E-state index < -0.39 is 0 Å². The Morgan fingerprint density at radius 3 is 2.89 bits per heavy atom. The molecule has 3 heterocycles. The van der Waals surface area contributed by atoms with Crippen molar-refractivity contribution in [1.29, 1.82) is 0 Å². The van der Waals surface area contributed by atoms with Gasteiger partial charge in [-0.15, -0.1) is 0 Å². The Labute approximate surface area is 115 Å². The van der Waals surface area contributed by atoms with Crippen molar-refractivity contribution in [3.8, 4) is 0 Å². The second kappa shape index (κ2) is 5.25.